The number of carboxylic acid groups (broad SMARTS) is 1. The molecule has 0 saturated heterocycles. The van der Waals surface area contributed by atoms with Gasteiger partial charge in [0.15, 0.2) is 11.6 Å². The first-order valence-corrected chi connectivity index (χ1v) is 26.6. The number of rotatable bonds is 7. The highest BCUT2D eigenvalue weighted by Gasteiger charge is 2.68. The fourth-order valence-electron chi connectivity index (χ4n) is 15.8. The smallest absolute Gasteiger partial charge is 0.335 e. The number of carboxylic acids is 1. The summed E-state index contributed by atoms with van der Waals surface area (Å²) in [6, 6.07) is 6.79. The lowest BCUT2D eigenvalue weighted by Gasteiger charge is -2.61. The highest BCUT2D eigenvalue weighted by Crippen LogP contribution is 2.71. The molecular weight excluding hydrogens is 913 g/mol. The van der Waals surface area contributed by atoms with E-state index in [4.69, 9.17) is 24.5 Å². The number of carbonyl (C=O) groups is 4. The summed E-state index contributed by atoms with van der Waals surface area (Å²) in [4.78, 5) is 70.3. The van der Waals surface area contributed by atoms with Gasteiger partial charge < -0.3 is 29.9 Å². The molecule has 6 fully saturated rings. The van der Waals surface area contributed by atoms with Gasteiger partial charge in [0.2, 0.25) is 0 Å². The molecule has 4 unspecified atom stereocenters. The van der Waals surface area contributed by atoms with Crippen molar-refractivity contribution in [2.24, 2.45) is 56.1 Å². The topological polar surface area (TPSA) is 228 Å². The highest BCUT2D eigenvalue weighted by molar-refractivity contribution is 5.98. The van der Waals surface area contributed by atoms with E-state index in [1.54, 1.807) is 19.5 Å². The number of carbonyl (C=O) groups excluding carboxylic acids is 3. The molecular formula is C59H84N2O11. The van der Waals surface area contributed by atoms with E-state index in [2.05, 4.69) is 38.8 Å². The first-order chi connectivity index (χ1) is 33.5. The maximum atomic E-state index is 12.3. The van der Waals surface area contributed by atoms with Crippen LogP contribution in [0.4, 0.5) is 0 Å². The van der Waals surface area contributed by atoms with Gasteiger partial charge in [-0.25, -0.2) is 9.59 Å². The predicted molar refractivity (Wildman–Crippen MR) is 279 cm³/mol. The number of aliphatic imine (C=N–C) groups is 1. The molecule has 0 amide bonds. The van der Waals surface area contributed by atoms with Crippen LogP contribution < -0.4 is 17.0 Å². The Labute approximate surface area is 426 Å². The zero-order valence-corrected chi connectivity index (χ0v) is 43.4. The summed E-state index contributed by atoms with van der Waals surface area (Å²) in [5.41, 5.74) is 8.66. The number of nitrogens with two attached hydrogens (primary N) is 1. The first-order valence-electron chi connectivity index (χ1n) is 26.6. The summed E-state index contributed by atoms with van der Waals surface area (Å²) >= 11 is 0. The molecule has 0 spiro atoms. The van der Waals surface area contributed by atoms with Crippen LogP contribution in [0, 0.1) is 45.3 Å². The van der Waals surface area contributed by atoms with Gasteiger partial charge in [-0.2, -0.15) is 0 Å². The monoisotopic (exact) mass is 997 g/mol. The van der Waals surface area contributed by atoms with Gasteiger partial charge in [-0.3, -0.25) is 24.2 Å². The van der Waals surface area contributed by atoms with Crippen molar-refractivity contribution in [3.8, 4) is 0 Å². The Kier molecular flexibility index (Phi) is 17.4. The molecule has 0 aliphatic heterocycles. The number of aliphatic hydroxyl groups is 2. The van der Waals surface area contributed by atoms with Gasteiger partial charge in [-0.15, -0.1) is 0 Å². The Morgan fingerprint density at radius 2 is 1.07 bits per heavy atom. The van der Waals surface area contributed by atoms with Crippen molar-refractivity contribution in [3.63, 3.8) is 0 Å². The van der Waals surface area contributed by atoms with Gasteiger partial charge in [0, 0.05) is 54.9 Å². The SMILES string of the molecule is C.CC(=O)O.CCC(=O)CN.CCC(=O)CN=C1C=C2CCC3C(CC[C@]4(C)[C@@H](c5ccc(=O)oc5)CC[C@]34O)[C@@]2(C)CC1.C[C@]12CCC(=O)C=C1CCC1C2CC[C@]2(C)[C@@H](c3ccc(=O)oc3)CC[C@]12O. The van der Waals surface area contributed by atoms with Gasteiger partial charge in [-0.05, 0) is 178 Å². The minimum atomic E-state index is -0.833. The average molecular weight is 997 g/mol. The Bertz CT molecular complexity index is 2510. The van der Waals surface area contributed by atoms with Gasteiger partial charge >= 0.3 is 11.3 Å². The van der Waals surface area contributed by atoms with Crippen molar-refractivity contribution in [1.82, 2.24) is 0 Å². The third-order valence-corrected chi connectivity index (χ3v) is 20.0. The van der Waals surface area contributed by atoms with Crippen molar-refractivity contribution < 1.29 is 43.3 Å². The van der Waals surface area contributed by atoms with Crippen LogP contribution in [0.25, 0.3) is 0 Å². The van der Waals surface area contributed by atoms with Crippen LogP contribution in [0.15, 0.2) is 83.5 Å². The van der Waals surface area contributed by atoms with E-state index < -0.39 is 17.2 Å². The molecule has 2 aromatic rings. The summed E-state index contributed by atoms with van der Waals surface area (Å²) in [6.07, 6.45) is 23.7. The molecule has 0 bridgehead atoms. The van der Waals surface area contributed by atoms with E-state index in [9.17, 15) is 34.2 Å². The minimum Gasteiger partial charge on any atom is -0.481 e. The van der Waals surface area contributed by atoms with E-state index in [0.717, 1.165) is 120 Å². The third kappa shape index (κ3) is 10.3. The molecule has 0 aromatic carbocycles. The summed E-state index contributed by atoms with van der Waals surface area (Å²) < 4.78 is 10.4. The molecule has 2 heterocycles. The standard InChI is InChI=1S/C28H37NO4.C24H30O4.C4H9NO.C2H4O2.CH4/c1-4-21(30)16-29-20-9-12-26(2)19(15-20)6-7-24-23(26)10-13-27(3)22(11-14-28(24,27)32)18-5-8-25(31)33-17-18;1-22-10-7-17(25)13-16(22)4-5-20-19(22)8-11-23(2)18(9-12-24(20,23)27)15-3-6-21(26)28-14-15;1-2-4(6)3-5;1-2(3)4;/h5,8,15,17,22-24,32H,4,6-7,9-14,16H2,1-3H3;3,6,13-14,18-20,27H,4-5,7-12H2,1-2H3;2-3,5H2,1H3;1H3,(H,3,4);1H4/t22-,23?,24?,26+,27-,28+;18-,19?,20?,22+,23-,24+;;;/m11.../s1. The van der Waals surface area contributed by atoms with E-state index >= 15 is 0 Å². The second-order valence-corrected chi connectivity index (χ2v) is 23.2. The molecule has 13 nitrogen and oxygen atoms in total. The largest absolute Gasteiger partial charge is 0.481 e. The summed E-state index contributed by atoms with van der Waals surface area (Å²) in [6.45, 7) is 14.5. The Hall–Kier alpha value is -4.59. The number of Topliss-reactive ketones (excluding diaryl/α,β-unsaturated/α-hetero) is 2. The molecule has 5 N–H and O–H groups in total. The normalized spacial score (nSPS) is 37.4. The van der Waals surface area contributed by atoms with Crippen molar-refractivity contribution in [2.45, 2.75) is 195 Å². The quantitative estimate of drug-likeness (QED) is 0.203. The maximum absolute atomic E-state index is 12.3. The highest BCUT2D eigenvalue weighted by atomic mass is 16.4. The molecule has 12 atom stereocenters. The maximum Gasteiger partial charge on any atom is 0.335 e. The molecule has 396 valence electrons. The lowest BCUT2D eigenvalue weighted by molar-refractivity contribution is -0.177. The number of hydrogen-bond acceptors (Lipinski definition) is 12. The zero-order chi connectivity index (χ0) is 51.7. The number of ketones is 3. The van der Waals surface area contributed by atoms with Crippen LogP contribution in [0.3, 0.4) is 0 Å². The molecule has 13 heteroatoms. The van der Waals surface area contributed by atoms with E-state index in [0.29, 0.717) is 43.6 Å². The lowest BCUT2D eigenvalue weighted by Crippen LogP contribution is -2.60. The number of allylic oxidation sites excluding steroid dienone is 3. The molecule has 6 saturated carbocycles. The van der Waals surface area contributed by atoms with Gasteiger partial charge in [-0.1, -0.05) is 60.1 Å². The van der Waals surface area contributed by atoms with Crippen LogP contribution in [-0.4, -0.2) is 68.6 Å². The van der Waals surface area contributed by atoms with E-state index in [1.165, 1.54) is 23.3 Å². The minimum absolute atomic E-state index is 0. The van der Waals surface area contributed by atoms with Crippen molar-refractivity contribution in [1.29, 1.82) is 0 Å². The van der Waals surface area contributed by atoms with E-state index in [-0.39, 0.29) is 82.0 Å². The van der Waals surface area contributed by atoms with Crippen molar-refractivity contribution in [3.05, 3.63) is 92.1 Å². The lowest BCUT2D eigenvalue weighted by atomic mass is 9.45. The number of nitrogens with zero attached hydrogens (tertiary/aromatic N) is 1. The van der Waals surface area contributed by atoms with Crippen LogP contribution >= 0.6 is 0 Å². The molecule has 8 aliphatic rings. The fraction of sp³-hybridized carbons (Fsp3) is 0.678. The molecule has 72 heavy (non-hydrogen) atoms. The summed E-state index contributed by atoms with van der Waals surface area (Å²) in [5, 5.41) is 31.9. The molecule has 2 aromatic heterocycles. The second kappa shape index (κ2) is 22.1. The van der Waals surface area contributed by atoms with Crippen LogP contribution in [0.5, 0.6) is 0 Å². The Morgan fingerprint density at radius 3 is 1.47 bits per heavy atom. The summed E-state index contributed by atoms with van der Waals surface area (Å²) in [5.74, 6) is 1.70. The van der Waals surface area contributed by atoms with Crippen LogP contribution in [0.1, 0.15) is 194 Å². The molecule has 10 rings (SSSR count). The number of aliphatic carboxylic acids is 1. The predicted octanol–water partition coefficient (Wildman–Crippen LogP) is 10.2. The van der Waals surface area contributed by atoms with Crippen LogP contribution in [0.2, 0.25) is 0 Å². The average Bonchev–Trinajstić information content (AvgIpc) is 3.79. The second-order valence-electron chi connectivity index (χ2n) is 23.2. The Balaban J connectivity index is 0.000000198. The fourth-order valence-corrected chi connectivity index (χ4v) is 15.8. The van der Waals surface area contributed by atoms with Gasteiger partial charge in [0.05, 0.1) is 36.8 Å². The first kappa shape index (κ1) is 56.7. The molecule has 8 aliphatic carbocycles. The zero-order valence-electron chi connectivity index (χ0n) is 43.4. The van der Waals surface area contributed by atoms with Crippen molar-refractivity contribution in [2.75, 3.05) is 13.1 Å². The van der Waals surface area contributed by atoms with Gasteiger partial charge in [0.25, 0.3) is 5.97 Å². The number of hydrogen-bond donors (Lipinski definition) is 4. The third-order valence-electron chi connectivity index (χ3n) is 20.0. The Morgan fingerprint density at radius 1 is 0.625 bits per heavy atom. The molecule has 0 radical (unpaired) electrons. The number of fused-ring (bicyclic) bond motifs is 10. The summed E-state index contributed by atoms with van der Waals surface area (Å²) in [7, 11) is 0. The van der Waals surface area contributed by atoms with E-state index in [1.807, 2.05) is 25.1 Å². The van der Waals surface area contributed by atoms with Crippen molar-refractivity contribution >= 4 is 29.0 Å². The van der Waals surface area contributed by atoms with Crippen LogP contribution in [-0.2, 0) is 19.2 Å². The van der Waals surface area contributed by atoms with Gasteiger partial charge in [0.1, 0.15) is 5.78 Å².